The summed E-state index contributed by atoms with van der Waals surface area (Å²) >= 11 is 0. The van der Waals surface area contributed by atoms with Crippen molar-refractivity contribution in [1.29, 1.82) is 0 Å². The van der Waals surface area contributed by atoms with E-state index in [2.05, 4.69) is 24.2 Å². The van der Waals surface area contributed by atoms with E-state index in [9.17, 15) is 0 Å². The number of guanidine groups is 1. The van der Waals surface area contributed by atoms with Crippen LogP contribution < -0.4 is 11.1 Å². The van der Waals surface area contributed by atoms with Gasteiger partial charge in [-0.3, -0.25) is 4.99 Å². The summed E-state index contributed by atoms with van der Waals surface area (Å²) in [4.78, 5) is 4.16. The summed E-state index contributed by atoms with van der Waals surface area (Å²) in [6.45, 7) is 7.48. The first-order chi connectivity index (χ1) is 7.16. The van der Waals surface area contributed by atoms with Crippen LogP contribution >= 0.6 is 24.0 Å². The van der Waals surface area contributed by atoms with E-state index >= 15 is 0 Å². The van der Waals surface area contributed by atoms with Crippen molar-refractivity contribution in [2.45, 2.75) is 13.8 Å². The maximum absolute atomic E-state index is 5.62. The molecular formula is C10H24IN3O2. The van der Waals surface area contributed by atoms with Gasteiger partial charge in [-0.25, -0.2) is 0 Å². The quantitative estimate of drug-likeness (QED) is 0.296. The number of ether oxygens (including phenoxy) is 2. The van der Waals surface area contributed by atoms with E-state index in [1.807, 2.05) is 0 Å². The summed E-state index contributed by atoms with van der Waals surface area (Å²) in [6, 6.07) is 0. The number of hydrogen-bond donors (Lipinski definition) is 2. The number of aliphatic imine (C=N–C) groups is 1. The fourth-order valence-corrected chi connectivity index (χ4v) is 0.832. The van der Waals surface area contributed by atoms with E-state index in [0.717, 1.165) is 6.54 Å². The summed E-state index contributed by atoms with van der Waals surface area (Å²) in [7, 11) is 1.65. The largest absolute Gasteiger partial charge is 0.382 e. The molecule has 6 heteroatoms. The average molecular weight is 345 g/mol. The van der Waals surface area contributed by atoms with Crippen LogP contribution in [0.5, 0.6) is 0 Å². The maximum Gasteiger partial charge on any atom is 0.188 e. The number of nitrogens with one attached hydrogen (secondary N) is 1. The van der Waals surface area contributed by atoms with Crippen molar-refractivity contribution in [2.75, 3.05) is 40.0 Å². The van der Waals surface area contributed by atoms with E-state index in [-0.39, 0.29) is 24.0 Å². The number of halogens is 1. The van der Waals surface area contributed by atoms with Gasteiger partial charge in [0.2, 0.25) is 0 Å². The monoisotopic (exact) mass is 345 g/mol. The number of nitrogens with zero attached hydrogens (tertiary/aromatic N) is 1. The zero-order valence-corrected chi connectivity index (χ0v) is 12.7. The molecule has 0 atom stereocenters. The Kier molecular flexibility index (Phi) is 14.8. The van der Waals surface area contributed by atoms with Gasteiger partial charge < -0.3 is 20.5 Å². The summed E-state index contributed by atoms with van der Waals surface area (Å²) in [5, 5.41) is 2.98. The minimum atomic E-state index is 0. The van der Waals surface area contributed by atoms with E-state index in [1.54, 1.807) is 7.11 Å². The molecule has 16 heavy (non-hydrogen) atoms. The van der Waals surface area contributed by atoms with Gasteiger partial charge in [-0.15, -0.1) is 24.0 Å². The summed E-state index contributed by atoms with van der Waals surface area (Å²) in [6.07, 6.45) is 0. The van der Waals surface area contributed by atoms with Crippen LogP contribution in [-0.4, -0.2) is 46.0 Å². The predicted octanol–water partition coefficient (Wildman–Crippen LogP) is 0.828. The van der Waals surface area contributed by atoms with E-state index in [0.29, 0.717) is 38.2 Å². The molecule has 0 fully saturated rings. The number of nitrogens with two attached hydrogens (primary N) is 1. The molecule has 0 rings (SSSR count). The molecule has 3 N–H and O–H groups in total. The minimum absolute atomic E-state index is 0. The van der Waals surface area contributed by atoms with E-state index in [1.165, 1.54) is 0 Å². The van der Waals surface area contributed by atoms with Crippen molar-refractivity contribution in [1.82, 2.24) is 5.32 Å². The maximum atomic E-state index is 5.62. The van der Waals surface area contributed by atoms with Gasteiger partial charge in [0.1, 0.15) is 0 Å². The Labute approximate surface area is 115 Å². The molecule has 0 unspecified atom stereocenters. The highest BCUT2D eigenvalue weighted by molar-refractivity contribution is 14.0. The number of hydrogen-bond acceptors (Lipinski definition) is 3. The second-order valence-electron chi connectivity index (χ2n) is 3.65. The fraction of sp³-hybridized carbons (Fsp3) is 0.900. The molecule has 5 nitrogen and oxygen atoms in total. The van der Waals surface area contributed by atoms with E-state index < -0.39 is 0 Å². The SMILES string of the molecule is COCCOCCNC(N)=NCC(C)C.I. The topological polar surface area (TPSA) is 68.9 Å². The van der Waals surface area contributed by atoms with Crippen molar-refractivity contribution >= 4 is 29.9 Å². The van der Waals surface area contributed by atoms with Gasteiger partial charge in [0.05, 0.1) is 19.8 Å². The summed E-state index contributed by atoms with van der Waals surface area (Å²) in [5.74, 6) is 1.02. The molecule has 0 heterocycles. The van der Waals surface area contributed by atoms with Gasteiger partial charge in [-0.1, -0.05) is 13.8 Å². The Balaban J connectivity index is 0. The lowest BCUT2D eigenvalue weighted by Gasteiger charge is -2.07. The number of rotatable bonds is 8. The molecule has 0 saturated heterocycles. The van der Waals surface area contributed by atoms with Gasteiger partial charge in [-0.05, 0) is 5.92 Å². The minimum Gasteiger partial charge on any atom is -0.382 e. The first kappa shape index (κ1) is 18.3. The van der Waals surface area contributed by atoms with Crippen LogP contribution in [0.1, 0.15) is 13.8 Å². The second kappa shape index (κ2) is 13.0. The summed E-state index contributed by atoms with van der Waals surface area (Å²) in [5.41, 5.74) is 5.62. The van der Waals surface area contributed by atoms with E-state index in [4.69, 9.17) is 15.2 Å². The molecule has 0 aromatic carbocycles. The van der Waals surface area contributed by atoms with Crippen molar-refractivity contribution in [3.05, 3.63) is 0 Å². The Hall–Kier alpha value is -0.0800. The van der Waals surface area contributed by atoms with Gasteiger partial charge >= 0.3 is 0 Å². The third-order valence-electron chi connectivity index (χ3n) is 1.61. The van der Waals surface area contributed by atoms with Gasteiger partial charge in [-0.2, -0.15) is 0 Å². The first-order valence-corrected chi connectivity index (χ1v) is 5.27. The molecule has 0 aromatic rings. The van der Waals surface area contributed by atoms with Gasteiger partial charge in [0.15, 0.2) is 5.96 Å². The molecule has 0 bridgehead atoms. The number of methoxy groups -OCH3 is 1. The smallest absolute Gasteiger partial charge is 0.188 e. The predicted molar refractivity (Wildman–Crippen MR) is 77.4 cm³/mol. The van der Waals surface area contributed by atoms with Crippen molar-refractivity contribution in [3.63, 3.8) is 0 Å². The standard InChI is InChI=1S/C10H23N3O2.HI/c1-9(2)8-13-10(11)12-4-5-15-7-6-14-3;/h9H,4-8H2,1-3H3,(H3,11,12,13);1H. The van der Waals surface area contributed by atoms with Crippen LogP contribution in [-0.2, 0) is 9.47 Å². The van der Waals surface area contributed by atoms with Crippen LogP contribution in [0.15, 0.2) is 4.99 Å². The third-order valence-corrected chi connectivity index (χ3v) is 1.61. The van der Waals surface area contributed by atoms with Gasteiger partial charge in [0.25, 0.3) is 0 Å². The van der Waals surface area contributed by atoms with Crippen LogP contribution in [0.3, 0.4) is 0 Å². The average Bonchev–Trinajstić information content (AvgIpc) is 2.20. The Morgan fingerprint density at radius 3 is 2.56 bits per heavy atom. The van der Waals surface area contributed by atoms with Crippen LogP contribution in [0.2, 0.25) is 0 Å². The van der Waals surface area contributed by atoms with Crippen molar-refractivity contribution < 1.29 is 9.47 Å². The Morgan fingerprint density at radius 2 is 2.00 bits per heavy atom. The normalized spacial score (nSPS) is 11.4. The highest BCUT2D eigenvalue weighted by atomic mass is 127. The lowest BCUT2D eigenvalue weighted by molar-refractivity contribution is 0.0733. The first-order valence-electron chi connectivity index (χ1n) is 5.27. The molecule has 0 radical (unpaired) electrons. The molecule has 0 aromatic heterocycles. The second-order valence-corrected chi connectivity index (χ2v) is 3.65. The molecule has 0 spiro atoms. The highest BCUT2D eigenvalue weighted by Gasteiger charge is 1.93. The fourth-order valence-electron chi connectivity index (χ4n) is 0.832. The Morgan fingerprint density at radius 1 is 1.31 bits per heavy atom. The molecule has 0 aliphatic carbocycles. The van der Waals surface area contributed by atoms with Crippen LogP contribution in [0, 0.1) is 5.92 Å². The van der Waals surface area contributed by atoms with Crippen LogP contribution in [0.4, 0.5) is 0 Å². The zero-order valence-electron chi connectivity index (χ0n) is 10.4. The molecule has 98 valence electrons. The lowest BCUT2D eigenvalue weighted by Crippen LogP contribution is -2.34. The lowest BCUT2D eigenvalue weighted by atomic mass is 10.2. The van der Waals surface area contributed by atoms with Crippen molar-refractivity contribution in [2.24, 2.45) is 16.6 Å². The highest BCUT2D eigenvalue weighted by Crippen LogP contribution is 1.90. The Bertz CT molecular complexity index is 177. The summed E-state index contributed by atoms with van der Waals surface area (Å²) < 4.78 is 10.1. The molecular weight excluding hydrogens is 321 g/mol. The zero-order chi connectivity index (χ0) is 11.5. The van der Waals surface area contributed by atoms with Crippen molar-refractivity contribution in [3.8, 4) is 0 Å². The molecule has 0 aliphatic heterocycles. The third kappa shape index (κ3) is 13.9. The molecule has 0 saturated carbocycles. The van der Waals surface area contributed by atoms with Gasteiger partial charge in [0, 0.05) is 20.2 Å². The molecule has 0 aliphatic rings. The molecule has 0 amide bonds. The van der Waals surface area contributed by atoms with Crippen LogP contribution in [0.25, 0.3) is 0 Å².